The predicted octanol–water partition coefficient (Wildman–Crippen LogP) is 2.98. The summed E-state index contributed by atoms with van der Waals surface area (Å²) in [4.78, 5) is 19.5. The maximum atomic E-state index is 12.8. The number of aryl methyl sites for hydroxylation is 2. The SMILES string of the molecule is Cc1nc2ccccc2c(C)c1CC(=O)N1CCC[C@H]([C@H](C)N)C1. The molecule has 0 unspecified atom stereocenters. The Morgan fingerprint density at radius 2 is 2.12 bits per heavy atom. The monoisotopic (exact) mass is 325 g/mol. The first-order valence-electron chi connectivity index (χ1n) is 8.85. The molecule has 1 saturated heterocycles. The molecule has 0 bridgehead atoms. The zero-order valence-electron chi connectivity index (χ0n) is 14.9. The number of likely N-dealkylation sites (tertiary alicyclic amines) is 1. The van der Waals surface area contributed by atoms with Gasteiger partial charge in [-0.25, -0.2) is 0 Å². The summed E-state index contributed by atoms with van der Waals surface area (Å²) >= 11 is 0. The lowest BCUT2D eigenvalue weighted by atomic mass is 9.91. The van der Waals surface area contributed by atoms with Gasteiger partial charge in [-0.3, -0.25) is 9.78 Å². The highest BCUT2D eigenvalue weighted by molar-refractivity contribution is 5.86. The number of aromatic nitrogens is 1. The lowest BCUT2D eigenvalue weighted by Gasteiger charge is -2.35. The van der Waals surface area contributed by atoms with Gasteiger partial charge in [-0.15, -0.1) is 0 Å². The second kappa shape index (κ2) is 6.89. The van der Waals surface area contributed by atoms with Crippen LogP contribution >= 0.6 is 0 Å². The van der Waals surface area contributed by atoms with Crippen molar-refractivity contribution in [1.29, 1.82) is 0 Å². The van der Waals surface area contributed by atoms with Crippen molar-refractivity contribution >= 4 is 16.8 Å². The summed E-state index contributed by atoms with van der Waals surface area (Å²) in [5.41, 5.74) is 10.2. The fraction of sp³-hybridized carbons (Fsp3) is 0.500. The van der Waals surface area contributed by atoms with Gasteiger partial charge >= 0.3 is 0 Å². The summed E-state index contributed by atoms with van der Waals surface area (Å²) in [5.74, 6) is 0.614. The molecule has 24 heavy (non-hydrogen) atoms. The summed E-state index contributed by atoms with van der Waals surface area (Å²) in [6.45, 7) is 7.78. The summed E-state index contributed by atoms with van der Waals surface area (Å²) in [6.07, 6.45) is 2.60. The molecule has 3 rings (SSSR count). The van der Waals surface area contributed by atoms with Crippen molar-refractivity contribution in [3.8, 4) is 0 Å². The molecule has 128 valence electrons. The maximum absolute atomic E-state index is 12.8. The molecule has 1 fully saturated rings. The van der Waals surface area contributed by atoms with Gasteiger partial charge in [-0.2, -0.15) is 0 Å². The molecule has 0 spiro atoms. The van der Waals surface area contributed by atoms with Gasteiger partial charge in [0.05, 0.1) is 11.9 Å². The van der Waals surface area contributed by atoms with Gasteiger partial charge in [0.25, 0.3) is 0 Å². The van der Waals surface area contributed by atoms with Crippen molar-refractivity contribution in [3.63, 3.8) is 0 Å². The minimum absolute atomic E-state index is 0.145. The molecule has 2 heterocycles. The number of carbonyl (C=O) groups is 1. The molecular weight excluding hydrogens is 298 g/mol. The van der Waals surface area contributed by atoms with Crippen LogP contribution in [0.5, 0.6) is 0 Å². The molecule has 4 heteroatoms. The normalized spacial score (nSPS) is 19.5. The van der Waals surface area contributed by atoms with E-state index >= 15 is 0 Å². The van der Waals surface area contributed by atoms with Crippen LogP contribution in [0.1, 0.15) is 36.6 Å². The molecule has 0 saturated carbocycles. The maximum Gasteiger partial charge on any atom is 0.227 e. The number of fused-ring (bicyclic) bond motifs is 1. The van der Waals surface area contributed by atoms with Gasteiger partial charge in [0, 0.05) is 30.2 Å². The summed E-state index contributed by atoms with van der Waals surface area (Å²) < 4.78 is 0. The first kappa shape index (κ1) is 16.9. The van der Waals surface area contributed by atoms with Crippen LogP contribution in [-0.4, -0.2) is 34.9 Å². The van der Waals surface area contributed by atoms with E-state index in [2.05, 4.69) is 18.0 Å². The smallest absolute Gasteiger partial charge is 0.227 e. The molecular formula is C20H27N3O. The van der Waals surface area contributed by atoms with Crippen LogP contribution < -0.4 is 5.73 Å². The predicted molar refractivity (Wildman–Crippen MR) is 97.9 cm³/mol. The van der Waals surface area contributed by atoms with Crippen molar-refractivity contribution in [1.82, 2.24) is 9.88 Å². The summed E-state index contributed by atoms with van der Waals surface area (Å²) in [6, 6.07) is 8.28. The lowest BCUT2D eigenvalue weighted by Crippen LogP contribution is -2.45. The summed E-state index contributed by atoms with van der Waals surface area (Å²) in [5, 5.41) is 1.14. The lowest BCUT2D eigenvalue weighted by molar-refractivity contribution is -0.132. The molecule has 0 radical (unpaired) electrons. The highest BCUT2D eigenvalue weighted by Crippen LogP contribution is 2.25. The third-order valence-electron chi connectivity index (χ3n) is 5.37. The minimum Gasteiger partial charge on any atom is -0.342 e. The average Bonchev–Trinajstić information content (AvgIpc) is 2.58. The van der Waals surface area contributed by atoms with Gasteiger partial charge in [-0.1, -0.05) is 18.2 Å². The van der Waals surface area contributed by atoms with Gasteiger partial charge in [0.2, 0.25) is 5.91 Å². The van der Waals surface area contributed by atoms with E-state index in [0.717, 1.165) is 48.1 Å². The van der Waals surface area contributed by atoms with E-state index in [-0.39, 0.29) is 11.9 Å². The zero-order valence-corrected chi connectivity index (χ0v) is 14.9. The number of hydrogen-bond donors (Lipinski definition) is 1. The second-order valence-electron chi connectivity index (χ2n) is 7.10. The van der Waals surface area contributed by atoms with Crippen LogP contribution in [0.2, 0.25) is 0 Å². The van der Waals surface area contributed by atoms with Crippen LogP contribution in [0.15, 0.2) is 24.3 Å². The van der Waals surface area contributed by atoms with Gasteiger partial charge in [0.15, 0.2) is 0 Å². The van der Waals surface area contributed by atoms with Crippen molar-refractivity contribution in [2.45, 2.75) is 46.1 Å². The highest BCUT2D eigenvalue weighted by Gasteiger charge is 2.26. The minimum atomic E-state index is 0.145. The molecule has 1 aliphatic heterocycles. The van der Waals surface area contributed by atoms with Crippen LogP contribution in [0.4, 0.5) is 0 Å². The Balaban J connectivity index is 1.83. The molecule has 1 amide bonds. The van der Waals surface area contributed by atoms with E-state index in [1.54, 1.807) is 0 Å². The fourth-order valence-corrected chi connectivity index (χ4v) is 3.76. The van der Waals surface area contributed by atoms with Crippen LogP contribution in [0.25, 0.3) is 10.9 Å². The number of benzene rings is 1. The van der Waals surface area contributed by atoms with Crippen molar-refractivity contribution in [3.05, 3.63) is 41.1 Å². The molecule has 2 atom stereocenters. The Morgan fingerprint density at radius 1 is 1.38 bits per heavy atom. The number of pyridine rings is 1. The van der Waals surface area contributed by atoms with Gasteiger partial charge in [0.1, 0.15) is 0 Å². The Labute approximate surface area is 144 Å². The average molecular weight is 325 g/mol. The molecule has 2 aromatic rings. The van der Waals surface area contributed by atoms with E-state index in [1.807, 2.05) is 36.9 Å². The third kappa shape index (κ3) is 3.29. The molecule has 4 nitrogen and oxygen atoms in total. The van der Waals surface area contributed by atoms with E-state index in [4.69, 9.17) is 5.73 Å². The molecule has 1 aromatic carbocycles. The van der Waals surface area contributed by atoms with Gasteiger partial charge < -0.3 is 10.6 Å². The molecule has 0 aliphatic carbocycles. The standard InChI is InChI=1S/C20H27N3O/c1-13-17-8-4-5-9-19(17)22-15(3)18(13)11-20(24)23-10-6-7-16(12-23)14(2)21/h4-5,8-9,14,16H,6-7,10-12,21H2,1-3H3/t14-,16-/m0/s1. The van der Waals surface area contributed by atoms with Crippen LogP contribution in [0, 0.1) is 19.8 Å². The van der Waals surface area contributed by atoms with Crippen LogP contribution in [0.3, 0.4) is 0 Å². The van der Waals surface area contributed by atoms with Crippen LogP contribution in [-0.2, 0) is 11.2 Å². The highest BCUT2D eigenvalue weighted by atomic mass is 16.2. The topological polar surface area (TPSA) is 59.2 Å². The second-order valence-corrected chi connectivity index (χ2v) is 7.10. The number of hydrogen-bond acceptors (Lipinski definition) is 3. The van der Waals surface area contributed by atoms with E-state index in [0.29, 0.717) is 12.3 Å². The van der Waals surface area contributed by atoms with Crippen molar-refractivity contribution < 1.29 is 4.79 Å². The number of nitrogens with zero attached hydrogens (tertiary/aromatic N) is 2. The third-order valence-corrected chi connectivity index (χ3v) is 5.37. The number of piperidine rings is 1. The number of carbonyl (C=O) groups excluding carboxylic acids is 1. The number of rotatable bonds is 3. The van der Waals surface area contributed by atoms with Gasteiger partial charge in [-0.05, 0) is 56.7 Å². The first-order chi connectivity index (χ1) is 11.5. The molecule has 1 aromatic heterocycles. The van der Waals surface area contributed by atoms with Crippen molar-refractivity contribution in [2.24, 2.45) is 11.7 Å². The summed E-state index contributed by atoms with van der Waals surface area (Å²) in [7, 11) is 0. The van der Waals surface area contributed by atoms with E-state index in [9.17, 15) is 4.79 Å². The molecule has 2 N–H and O–H groups in total. The quantitative estimate of drug-likeness (QED) is 0.944. The Bertz CT molecular complexity index is 754. The fourth-order valence-electron chi connectivity index (χ4n) is 3.76. The number of para-hydroxylation sites is 1. The Kier molecular flexibility index (Phi) is 4.86. The number of amides is 1. The van der Waals surface area contributed by atoms with E-state index in [1.165, 1.54) is 5.56 Å². The van der Waals surface area contributed by atoms with E-state index < -0.39 is 0 Å². The number of nitrogens with two attached hydrogens (primary N) is 1. The van der Waals surface area contributed by atoms with Crippen molar-refractivity contribution in [2.75, 3.05) is 13.1 Å². The zero-order chi connectivity index (χ0) is 17.3. The Hall–Kier alpha value is -1.94. The largest absolute Gasteiger partial charge is 0.342 e. The molecule has 1 aliphatic rings. The Morgan fingerprint density at radius 3 is 2.88 bits per heavy atom. The first-order valence-corrected chi connectivity index (χ1v) is 8.85.